The zero-order chi connectivity index (χ0) is 20.4. The third-order valence-corrected chi connectivity index (χ3v) is 6.18. The number of carbonyl (C=O) groups excluding carboxylic acids is 2. The highest BCUT2D eigenvalue weighted by molar-refractivity contribution is 7.89. The molecule has 2 aromatic rings. The normalized spacial score (nSPS) is 16.8. The number of anilines is 1. The number of amides is 3. The minimum absolute atomic E-state index is 0.0484. The van der Waals surface area contributed by atoms with Crippen LogP contribution >= 0.6 is 0 Å². The average molecular weight is 415 g/mol. The SMILES string of the molecule is O=C1CN(c2cccc(CNS(=O)(=O)c3cccc(OCC4CC4)c3)c2)C(=O)N1. The quantitative estimate of drug-likeness (QED) is 0.642. The minimum Gasteiger partial charge on any atom is -0.493 e. The van der Waals surface area contributed by atoms with E-state index in [1.807, 2.05) is 0 Å². The summed E-state index contributed by atoms with van der Waals surface area (Å²) >= 11 is 0. The fourth-order valence-electron chi connectivity index (χ4n) is 2.98. The summed E-state index contributed by atoms with van der Waals surface area (Å²) in [5.41, 5.74) is 1.19. The van der Waals surface area contributed by atoms with E-state index in [2.05, 4.69) is 10.0 Å². The van der Waals surface area contributed by atoms with Gasteiger partial charge < -0.3 is 4.74 Å². The van der Waals surface area contributed by atoms with Crippen LogP contribution in [0, 0.1) is 5.92 Å². The standard InChI is InChI=1S/C20H21N3O5S/c24-19-12-23(20(25)22-19)16-4-1-3-15(9-16)11-21-29(26,27)18-6-2-5-17(10-18)28-13-14-7-8-14/h1-6,9-10,14,21H,7-8,11-13H2,(H,22,24,25). The Balaban J connectivity index is 1.43. The maximum Gasteiger partial charge on any atom is 0.329 e. The van der Waals surface area contributed by atoms with Gasteiger partial charge in [-0.3, -0.25) is 15.0 Å². The van der Waals surface area contributed by atoms with Crippen molar-refractivity contribution in [2.75, 3.05) is 18.1 Å². The second kappa shape index (κ2) is 7.84. The number of rotatable bonds is 8. The van der Waals surface area contributed by atoms with Crippen LogP contribution in [0.25, 0.3) is 0 Å². The summed E-state index contributed by atoms with van der Waals surface area (Å²) in [4.78, 5) is 24.6. The first kappa shape index (κ1) is 19.4. The van der Waals surface area contributed by atoms with E-state index in [0.717, 1.165) is 12.8 Å². The van der Waals surface area contributed by atoms with Crippen LogP contribution in [-0.2, 0) is 21.4 Å². The lowest BCUT2D eigenvalue weighted by atomic mass is 10.2. The third kappa shape index (κ3) is 4.75. The number of carbonyl (C=O) groups is 2. The monoisotopic (exact) mass is 415 g/mol. The molecule has 2 N–H and O–H groups in total. The van der Waals surface area contributed by atoms with Gasteiger partial charge in [0, 0.05) is 18.3 Å². The van der Waals surface area contributed by atoms with Crippen LogP contribution in [-0.4, -0.2) is 33.5 Å². The number of imide groups is 1. The Morgan fingerprint density at radius 2 is 1.90 bits per heavy atom. The molecule has 0 bridgehead atoms. The molecule has 0 atom stereocenters. The summed E-state index contributed by atoms with van der Waals surface area (Å²) in [5.74, 6) is 0.741. The van der Waals surface area contributed by atoms with Crippen molar-refractivity contribution in [3.05, 3.63) is 54.1 Å². The van der Waals surface area contributed by atoms with Gasteiger partial charge in [-0.2, -0.15) is 0 Å². The number of sulfonamides is 1. The smallest absolute Gasteiger partial charge is 0.329 e. The maximum absolute atomic E-state index is 12.7. The molecule has 1 aliphatic heterocycles. The number of urea groups is 1. The van der Waals surface area contributed by atoms with Gasteiger partial charge in [-0.05, 0) is 48.6 Å². The molecule has 9 heteroatoms. The zero-order valence-corrected chi connectivity index (χ0v) is 16.4. The molecule has 29 heavy (non-hydrogen) atoms. The molecule has 1 saturated carbocycles. The molecule has 2 aromatic carbocycles. The number of nitrogens with one attached hydrogen (secondary N) is 2. The molecule has 0 spiro atoms. The Hall–Kier alpha value is -2.91. The van der Waals surface area contributed by atoms with Gasteiger partial charge in [0.2, 0.25) is 15.9 Å². The molecule has 152 valence electrons. The number of hydrogen-bond acceptors (Lipinski definition) is 5. The van der Waals surface area contributed by atoms with E-state index in [1.165, 1.54) is 17.0 Å². The van der Waals surface area contributed by atoms with Gasteiger partial charge >= 0.3 is 6.03 Å². The van der Waals surface area contributed by atoms with Crippen LogP contribution in [0.4, 0.5) is 10.5 Å². The number of benzene rings is 2. The van der Waals surface area contributed by atoms with E-state index < -0.39 is 16.1 Å². The first-order valence-corrected chi connectivity index (χ1v) is 10.8. The molecule has 1 aliphatic carbocycles. The van der Waals surface area contributed by atoms with Crippen molar-refractivity contribution in [2.45, 2.75) is 24.3 Å². The minimum atomic E-state index is -3.73. The van der Waals surface area contributed by atoms with E-state index >= 15 is 0 Å². The summed E-state index contributed by atoms with van der Waals surface area (Å²) in [6, 6.07) is 12.8. The second-order valence-corrected chi connectivity index (χ2v) is 8.93. The predicted octanol–water partition coefficient (Wildman–Crippen LogP) is 2.01. The molecule has 0 unspecified atom stereocenters. The van der Waals surface area contributed by atoms with Crippen molar-refractivity contribution in [3.8, 4) is 5.75 Å². The van der Waals surface area contributed by atoms with Crippen molar-refractivity contribution in [1.82, 2.24) is 10.0 Å². The summed E-state index contributed by atoms with van der Waals surface area (Å²) < 4.78 is 33.5. The van der Waals surface area contributed by atoms with E-state index in [9.17, 15) is 18.0 Å². The molecule has 0 aromatic heterocycles. The molecular weight excluding hydrogens is 394 g/mol. The number of hydrogen-bond donors (Lipinski definition) is 2. The Labute approximate surface area is 168 Å². The summed E-state index contributed by atoms with van der Waals surface area (Å²) in [7, 11) is -3.73. The molecule has 2 aliphatic rings. The third-order valence-electron chi connectivity index (χ3n) is 4.78. The van der Waals surface area contributed by atoms with Crippen LogP contribution in [0.15, 0.2) is 53.4 Å². The van der Waals surface area contributed by atoms with Gasteiger partial charge in [-0.25, -0.2) is 17.9 Å². The predicted molar refractivity (Wildman–Crippen MR) is 106 cm³/mol. The van der Waals surface area contributed by atoms with Crippen LogP contribution in [0.3, 0.4) is 0 Å². The highest BCUT2D eigenvalue weighted by Gasteiger charge is 2.28. The van der Waals surface area contributed by atoms with Crippen molar-refractivity contribution in [3.63, 3.8) is 0 Å². The highest BCUT2D eigenvalue weighted by Crippen LogP contribution is 2.30. The van der Waals surface area contributed by atoms with Gasteiger partial charge in [-0.1, -0.05) is 18.2 Å². The van der Waals surface area contributed by atoms with Crippen LogP contribution in [0.5, 0.6) is 5.75 Å². The van der Waals surface area contributed by atoms with Gasteiger partial charge in [0.15, 0.2) is 0 Å². The number of nitrogens with zero attached hydrogens (tertiary/aromatic N) is 1. The first-order chi connectivity index (χ1) is 13.9. The average Bonchev–Trinajstić information content (AvgIpc) is 3.48. The molecule has 4 rings (SSSR count). The van der Waals surface area contributed by atoms with E-state index in [-0.39, 0.29) is 23.9 Å². The van der Waals surface area contributed by atoms with E-state index in [4.69, 9.17) is 4.74 Å². The van der Waals surface area contributed by atoms with Crippen molar-refractivity contribution in [2.24, 2.45) is 5.92 Å². The molecule has 1 saturated heterocycles. The molecule has 3 amide bonds. The molecule has 1 heterocycles. The lowest BCUT2D eigenvalue weighted by Gasteiger charge is -2.15. The molecular formula is C20H21N3O5S. The zero-order valence-electron chi connectivity index (χ0n) is 15.6. The maximum atomic E-state index is 12.7. The fourth-order valence-corrected chi connectivity index (χ4v) is 4.03. The lowest BCUT2D eigenvalue weighted by Crippen LogP contribution is -2.28. The Kier molecular flexibility index (Phi) is 5.25. The highest BCUT2D eigenvalue weighted by atomic mass is 32.2. The Morgan fingerprint density at radius 1 is 1.10 bits per heavy atom. The topological polar surface area (TPSA) is 105 Å². The number of ether oxygens (including phenoxy) is 1. The summed E-state index contributed by atoms with van der Waals surface area (Å²) in [6.45, 7) is 0.602. The fraction of sp³-hybridized carbons (Fsp3) is 0.300. The summed E-state index contributed by atoms with van der Waals surface area (Å²) in [5, 5.41) is 2.21. The van der Waals surface area contributed by atoms with E-state index in [1.54, 1.807) is 36.4 Å². The summed E-state index contributed by atoms with van der Waals surface area (Å²) in [6.07, 6.45) is 2.32. The first-order valence-electron chi connectivity index (χ1n) is 9.33. The van der Waals surface area contributed by atoms with Gasteiger partial charge in [0.05, 0.1) is 11.5 Å². The van der Waals surface area contributed by atoms with Crippen LogP contribution < -0.4 is 19.7 Å². The van der Waals surface area contributed by atoms with Crippen molar-refractivity contribution in [1.29, 1.82) is 0 Å². The second-order valence-electron chi connectivity index (χ2n) is 7.16. The van der Waals surface area contributed by atoms with Crippen molar-refractivity contribution < 1.29 is 22.7 Å². The Bertz CT molecular complexity index is 1050. The molecule has 2 fully saturated rings. The lowest BCUT2D eigenvalue weighted by molar-refractivity contribution is -0.117. The van der Waals surface area contributed by atoms with Gasteiger partial charge in [0.25, 0.3) is 0 Å². The van der Waals surface area contributed by atoms with Gasteiger partial charge in [-0.15, -0.1) is 0 Å². The van der Waals surface area contributed by atoms with Gasteiger partial charge in [0.1, 0.15) is 12.3 Å². The Morgan fingerprint density at radius 3 is 2.62 bits per heavy atom. The van der Waals surface area contributed by atoms with E-state index in [0.29, 0.717) is 29.5 Å². The molecule has 8 nitrogen and oxygen atoms in total. The van der Waals surface area contributed by atoms with Crippen molar-refractivity contribution >= 4 is 27.6 Å². The largest absolute Gasteiger partial charge is 0.493 e. The molecule has 0 radical (unpaired) electrons. The van der Waals surface area contributed by atoms with Crippen LogP contribution in [0.2, 0.25) is 0 Å². The van der Waals surface area contributed by atoms with Crippen LogP contribution in [0.1, 0.15) is 18.4 Å².